The van der Waals surface area contributed by atoms with Crippen LogP contribution in [0.3, 0.4) is 0 Å². The largest absolute Gasteiger partial charge is 0.385 e. The van der Waals surface area contributed by atoms with E-state index in [1.54, 1.807) is 13.2 Å². The predicted molar refractivity (Wildman–Crippen MR) is 123 cm³/mol. The Morgan fingerprint density at radius 3 is 2.77 bits per heavy atom. The number of hydrogen-bond acceptors (Lipinski definition) is 7. The maximum Gasteiger partial charge on any atom is 0.230 e. The highest BCUT2D eigenvalue weighted by molar-refractivity contribution is 7.99. The molecule has 31 heavy (non-hydrogen) atoms. The Hall–Kier alpha value is -1.58. The average Bonchev–Trinajstić information content (AvgIpc) is 3.29. The van der Waals surface area contributed by atoms with Crippen LogP contribution in [0.2, 0.25) is 5.15 Å². The summed E-state index contributed by atoms with van der Waals surface area (Å²) < 4.78 is 4.97. The number of nitrogens with zero attached hydrogens (tertiary/aromatic N) is 4. The van der Waals surface area contributed by atoms with Crippen LogP contribution in [0.1, 0.15) is 39.0 Å². The second-order valence-corrected chi connectivity index (χ2v) is 9.45. The van der Waals surface area contributed by atoms with Gasteiger partial charge in [-0.1, -0.05) is 36.2 Å². The summed E-state index contributed by atoms with van der Waals surface area (Å²) in [5, 5.41) is 3.68. The zero-order chi connectivity index (χ0) is 22.2. The number of thioether (sulfide) groups is 1. The van der Waals surface area contributed by atoms with Crippen LogP contribution >= 0.6 is 23.4 Å². The fourth-order valence-corrected chi connectivity index (χ4v) is 5.05. The van der Waals surface area contributed by atoms with Gasteiger partial charge in [-0.15, -0.1) is 0 Å². The Morgan fingerprint density at radius 1 is 1.29 bits per heavy atom. The molecule has 1 saturated heterocycles. The number of methoxy groups -OCH3 is 1. The Balaban J connectivity index is 1.54. The van der Waals surface area contributed by atoms with E-state index >= 15 is 0 Å². The smallest absolute Gasteiger partial charge is 0.230 e. The summed E-state index contributed by atoms with van der Waals surface area (Å²) in [6.45, 7) is 5.38. The average molecular weight is 470 g/mol. The first-order valence-electron chi connectivity index (χ1n) is 11.0. The standard InChI is InChI=1S/C21H32ClN5O3S/c1-15-13-26(9-10-27(15)20(29)16-6-3-4-7-16)18-12-17(22)24-21(25-18)31-14-19(28)23-8-5-11-30-2/h12,15-16H,3-11,13-14H2,1-2H3,(H,23,28). The number of nitrogens with one attached hydrogen (secondary N) is 1. The van der Waals surface area contributed by atoms with Gasteiger partial charge in [-0.05, 0) is 26.2 Å². The first kappa shape index (κ1) is 24.1. The van der Waals surface area contributed by atoms with E-state index < -0.39 is 0 Å². The summed E-state index contributed by atoms with van der Waals surface area (Å²) in [7, 11) is 1.64. The molecule has 1 aromatic rings. The Morgan fingerprint density at radius 2 is 2.06 bits per heavy atom. The number of carbonyl (C=O) groups is 2. The minimum absolute atomic E-state index is 0.0705. The molecule has 0 radical (unpaired) electrons. The second-order valence-electron chi connectivity index (χ2n) is 8.12. The molecular weight excluding hydrogens is 438 g/mol. The highest BCUT2D eigenvalue weighted by Crippen LogP contribution is 2.29. The molecule has 0 aromatic carbocycles. The summed E-state index contributed by atoms with van der Waals surface area (Å²) in [6, 6.07) is 1.86. The number of ether oxygens (including phenoxy) is 1. The van der Waals surface area contributed by atoms with Crippen LogP contribution in [0.5, 0.6) is 0 Å². The third-order valence-corrected chi connectivity index (χ3v) is 6.82. The number of aromatic nitrogens is 2. The number of carbonyl (C=O) groups excluding carboxylic acids is 2. The topological polar surface area (TPSA) is 87.7 Å². The number of piperazine rings is 1. The molecule has 1 atom stereocenters. The molecule has 1 N–H and O–H groups in total. The van der Waals surface area contributed by atoms with Gasteiger partial charge in [-0.2, -0.15) is 0 Å². The normalized spacial score (nSPS) is 19.6. The number of anilines is 1. The molecule has 2 fully saturated rings. The summed E-state index contributed by atoms with van der Waals surface area (Å²) >= 11 is 7.50. The minimum Gasteiger partial charge on any atom is -0.385 e. The van der Waals surface area contributed by atoms with Gasteiger partial charge in [0.2, 0.25) is 11.8 Å². The van der Waals surface area contributed by atoms with E-state index in [1.165, 1.54) is 11.8 Å². The molecule has 1 aliphatic carbocycles. The van der Waals surface area contributed by atoms with Gasteiger partial charge in [0.05, 0.1) is 5.75 Å². The summed E-state index contributed by atoms with van der Waals surface area (Å²) in [4.78, 5) is 37.9. The van der Waals surface area contributed by atoms with E-state index in [1.807, 2.05) is 4.90 Å². The predicted octanol–water partition coefficient (Wildman–Crippen LogP) is 2.60. The molecule has 2 amide bonds. The quantitative estimate of drug-likeness (QED) is 0.257. The van der Waals surface area contributed by atoms with E-state index in [0.29, 0.717) is 49.0 Å². The van der Waals surface area contributed by atoms with Gasteiger partial charge >= 0.3 is 0 Å². The van der Waals surface area contributed by atoms with E-state index in [0.717, 1.165) is 37.9 Å². The van der Waals surface area contributed by atoms with Crippen molar-refractivity contribution in [3.63, 3.8) is 0 Å². The van der Waals surface area contributed by atoms with Crippen molar-refractivity contribution in [3.05, 3.63) is 11.2 Å². The van der Waals surface area contributed by atoms with E-state index in [4.69, 9.17) is 16.3 Å². The number of halogens is 1. The molecule has 2 heterocycles. The van der Waals surface area contributed by atoms with Crippen LogP contribution < -0.4 is 10.2 Å². The molecule has 10 heteroatoms. The third kappa shape index (κ3) is 6.95. The monoisotopic (exact) mass is 469 g/mol. The van der Waals surface area contributed by atoms with Gasteiger partial charge in [0, 0.05) is 57.9 Å². The van der Waals surface area contributed by atoms with E-state index in [9.17, 15) is 9.59 Å². The maximum absolute atomic E-state index is 12.8. The van der Waals surface area contributed by atoms with Crippen molar-refractivity contribution >= 4 is 41.0 Å². The van der Waals surface area contributed by atoms with Crippen LogP contribution in [-0.4, -0.2) is 78.4 Å². The van der Waals surface area contributed by atoms with Crippen molar-refractivity contribution in [3.8, 4) is 0 Å². The Labute approximate surface area is 193 Å². The molecule has 1 aromatic heterocycles. The van der Waals surface area contributed by atoms with E-state index in [2.05, 4.69) is 27.1 Å². The zero-order valence-electron chi connectivity index (χ0n) is 18.3. The minimum atomic E-state index is -0.0705. The van der Waals surface area contributed by atoms with Gasteiger partial charge in [0.15, 0.2) is 5.16 Å². The molecule has 172 valence electrons. The van der Waals surface area contributed by atoms with Crippen LogP contribution in [-0.2, 0) is 14.3 Å². The lowest BCUT2D eigenvalue weighted by Crippen LogP contribution is -2.55. The number of amides is 2. The van der Waals surface area contributed by atoms with Gasteiger partial charge in [0.25, 0.3) is 0 Å². The molecule has 3 rings (SSSR count). The third-order valence-electron chi connectivity index (χ3n) is 5.78. The molecule has 0 spiro atoms. The number of hydrogen-bond donors (Lipinski definition) is 1. The molecular formula is C21H32ClN5O3S. The lowest BCUT2D eigenvalue weighted by molar-refractivity contribution is -0.137. The summed E-state index contributed by atoms with van der Waals surface area (Å²) in [6.07, 6.45) is 5.14. The number of rotatable bonds is 9. The molecule has 1 saturated carbocycles. The Bertz CT molecular complexity index is 763. The SMILES string of the molecule is COCCCNC(=O)CSc1nc(Cl)cc(N2CCN(C(=O)C3CCCC3)C(C)C2)n1. The van der Waals surface area contributed by atoms with Gasteiger partial charge < -0.3 is 19.9 Å². The van der Waals surface area contributed by atoms with Crippen LogP contribution in [0.25, 0.3) is 0 Å². The van der Waals surface area contributed by atoms with Crippen molar-refractivity contribution in [2.45, 2.75) is 50.2 Å². The molecule has 1 unspecified atom stereocenters. The lowest BCUT2D eigenvalue weighted by atomic mass is 10.0. The first-order chi connectivity index (χ1) is 15.0. The highest BCUT2D eigenvalue weighted by atomic mass is 35.5. The summed E-state index contributed by atoms with van der Waals surface area (Å²) in [5.74, 6) is 1.40. The lowest BCUT2D eigenvalue weighted by Gasteiger charge is -2.41. The van der Waals surface area contributed by atoms with Crippen molar-refractivity contribution in [2.75, 3.05) is 50.5 Å². The molecule has 2 aliphatic rings. The second kappa shape index (κ2) is 11.9. The Kier molecular flexibility index (Phi) is 9.22. The van der Waals surface area contributed by atoms with Crippen LogP contribution in [0.15, 0.2) is 11.2 Å². The molecule has 0 bridgehead atoms. The molecule has 1 aliphatic heterocycles. The first-order valence-corrected chi connectivity index (χ1v) is 12.3. The van der Waals surface area contributed by atoms with Crippen molar-refractivity contribution in [1.82, 2.24) is 20.2 Å². The fraction of sp³-hybridized carbons (Fsp3) is 0.714. The maximum atomic E-state index is 12.8. The van der Waals surface area contributed by atoms with Gasteiger partial charge in [-0.3, -0.25) is 9.59 Å². The van der Waals surface area contributed by atoms with Gasteiger partial charge in [0.1, 0.15) is 11.0 Å². The van der Waals surface area contributed by atoms with Crippen molar-refractivity contribution in [1.29, 1.82) is 0 Å². The van der Waals surface area contributed by atoms with Crippen LogP contribution in [0.4, 0.5) is 5.82 Å². The molecule has 8 nitrogen and oxygen atoms in total. The van der Waals surface area contributed by atoms with Gasteiger partial charge in [-0.25, -0.2) is 9.97 Å². The summed E-state index contributed by atoms with van der Waals surface area (Å²) in [5.41, 5.74) is 0. The van der Waals surface area contributed by atoms with Crippen LogP contribution in [0, 0.1) is 5.92 Å². The fourth-order valence-electron chi connectivity index (χ4n) is 4.14. The van der Waals surface area contributed by atoms with Crippen molar-refractivity contribution < 1.29 is 14.3 Å². The zero-order valence-corrected chi connectivity index (χ0v) is 19.9. The highest BCUT2D eigenvalue weighted by Gasteiger charge is 2.33. The van der Waals surface area contributed by atoms with E-state index in [-0.39, 0.29) is 23.6 Å². The van der Waals surface area contributed by atoms with Crippen molar-refractivity contribution in [2.24, 2.45) is 5.92 Å².